The minimum atomic E-state index is -0.600. The molecule has 1 unspecified atom stereocenters. The first kappa shape index (κ1) is 24.5. The molecule has 2 heterocycles. The van der Waals surface area contributed by atoms with Crippen molar-refractivity contribution < 1.29 is 19.1 Å². The predicted octanol–water partition coefficient (Wildman–Crippen LogP) is 3.19. The summed E-state index contributed by atoms with van der Waals surface area (Å²) in [7, 11) is 1.55. The number of benzene rings is 2. The van der Waals surface area contributed by atoms with Crippen LogP contribution in [0.1, 0.15) is 47.3 Å². The summed E-state index contributed by atoms with van der Waals surface area (Å²) in [5, 5.41) is 5.95. The van der Waals surface area contributed by atoms with Crippen molar-refractivity contribution >= 4 is 17.8 Å². The normalized spacial score (nSPS) is 23.5. The first-order chi connectivity index (χ1) is 18.0. The minimum absolute atomic E-state index is 0.182. The van der Waals surface area contributed by atoms with E-state index in [1.54, 1.807) is 31.8 Å². The van der Waals surface area contributed by atoms with Gasteiger partial charge in [-0.15, -0.1) is 0 Å². The average Bonchev–Trinajstić information content (AvgIpc) is 3.55. The molecule has 3 aromatic rings. The molecule has 37 heavy (non-hydrogen) atoms. The molecule has 9 nitrogen and oxygen atoms in total. The predicted molar refractivity (Wildman–Crippen MR) is 137 cm³/mol. The molecular weight excluding hydrogens is 470 g/mol. The van der Waals surface area contributed by atoms with E-state index in [4.69, 9.17) is 4.74 Å². The molecule has 1 saturated carbocycles. The third kappa shape index (κ3) is 4.94. The Morgan fingerprint density at radius 2 is 1.84 bits per heavy atom. The molecule has 0 bridgehead atoms. The summed E-state index contributed by atoms with van der Waals surface area (Å²) in [4.78, 5) is 47.4. The fourth-order valence-electron chi connectivity index (χ4n) is 5.59. The van der Waals surface area contributed by atoms with E-state index in [9.17, 15) is 14.4 Å². The van der Waals surface area contributed by atoms with Crippen LogP contribution in [0.5, 0.6) is 5.75 Å². The number of imide groups is 1. The van der Waals surface area contributed by atoms with Crippen LogP contribution in [-0.4, -0.2) is 58.5 Å². The van der Waals surface area contributed by atoms with Gasteiger partial charge >= 0.3 is 6.03 Å². The lowest BCUT2D eigenvalue weighted by molar-refractivity contribution is -0.129. The van der Waals surface area contributed by atoms with Gasteiger partial charge in [0.1, 0.15) is 11.8 Å². The molecule has 2 fully saturated rings. The van der Waals surface area contributed by atoms with E-state index in [1.165, 1.54) is 4.90 Å². The highest BCUT2D eigenvalue weighted by atomic mass is 16.5. The highest BCUT2D eigenvalue weighted by Crippen LogP contribution is 2.41. The van der Waals surface area contributed by atoms with Crippen molar-refractivity contribution in [2.75, 3.05) is 13.7 Å². The van der Waals surface area contributed by atoms with Crippen LogP contribution in [0.15, 0.2) is 67.1 Å². The minimum Gasteiger partial charge on any atom is -0.496 e. The number of ether oxygens (including phenoxy) is 1. The van der Waals surface area contributed by atoms with E-state index >= 15 is 0 Å². The van der Waals surface area contributed by atoms with Crippen LogP contribution in [0.3, 0.4) is 0 Å². The first-order valence-electron chi connectivity index (χ1n) is 12.6. The number of H-pyrrole nitrogens is 1. The van der Waals surface area contributed by atoms with Gasteiger partial charge in [-0.2, -0.15) is 0 Å². The lowest BCUT2D eigenvalue weighted by atomic mass is 9.67. The second kappa shape index (κ2) is 10.5. The van der Waals surface area contributed by atoms with Crippen molar-refractivity contribution in [1.29, 1.82) is 0 Å². The number of nitrogens with one attached hydrogen (secondary N) is 3. The Kier molecular flexibility index (Phi) is 6.94. The van der Waals surface area contributed by atoms with Crippen molar-refractivity contribution in [2.24, 2.45) is 0 Å². The van der Waals surface area contributed by atoms with Gasteiger partial charge in [0, 0.05) is 30.6 Å². The zero-order valence-electron chi connectivity index (χ0n) is 20.8. The van der Waals surface area contributed by atoms with E-state index in [-0.39, 0.29) is 29.3 Å². The molecule has 1 aromatic heterocycles. The molecule has 2 aromatic carbocycles. The number of amides is 4. The highest BCUT2D eigenvalue weighted by molar-refractivity contribution is 6.04. The van der Waals surface area contributed by atoms with Crippen molar-refractivity contribution in [2.45, 2.75) is 49.6 Å². The second-order valence-electron chi connectivity index (χ2n) is 9.74. The van der Waals surface area contributed by atoms with Crippen molar-refractivity contribution in [3.8, 4) is 5.75 Å². The third-order valence-corrected chi connectivity index (χ3v) is 7.62. The maximum Gasteiger partial charge on any atom is 0.325 e. The molecule has 1 aliphatic carbocycles. The van der Waals surface area contributed by atoms with Crippen LogP contribution in [0.2, 0.25) is 0 Å². The van der Waals surface area contributed by atoms with Gasteiger partial charge < -0.3 is 20.4 Å². The van der Waals surface area contributed by atoms with Gasteiger partial charge in [-0.05, 0) is 43.4 Å². The second-order valence-corrected chi connectivity index (χ2v) is 9.74. The number of aromatic nitrogens is 2. The summed E-state index contributed by atoms with van der Waals surface area (Å²) < 4.78 is 5.36. The Labute approximate surface area is 215 Å². The zero-order chi connectivity index (χ0) is 25.8. The Hall–Kier alpha value is -4.14. The Morgan fingerprint density at radius 3 is 2.54 bits per heavy atom. The summed E-state index contributed by atoms with van der Waals surface area (Å²) in [6.45, 7) is 0.447. The van der Waals surface area contributed by atoms with Gasteiger partial charge in [-0.3, -0.25) is 14.5 Å². The third-order valence-electron chi connectivity index (χ3n) is 7.62. The summed E-state index contributed by atoms with van der Waals surface area (Å²) in [6.07, 6.45) is 6.44. The molecule has 9 heteroatoms. The van der Waals surface area contributed by atoms with E-state index in [0.717, 1.165) is 24.1 Å². The molecule has 3 N–H and O–H groups in total. The summed E-state index contributed by atoms with van der Waals surface area (Å²) in [5.41, 5.74) is 2.06. The number of hydrogen-bond acceptors (Lipinski definition) is 5. The molecule has 1 saturated heterocycles. The molecule has 0 spiro atoms. The molecule has 2 aliphatic rings. The fraction of sp³-hybridized carbons (Fsp3) is 0.357. The fourth-order valence-corrected chi connectivity index (χ4v) is 5.59. The number of carbonyl (C=O) groups excluding carboxylic acids is 3. The van der Waals surface area contributed by atoms with E-state index in [2.05, 4.69) is 32.7 Å². The van der Waals surface area contributed by atoms with Gasteiger partial charge in [0.05, 0.1) is 24.7 Å². The summed E-state index contributed by atoms with van der Waals surface area (Å²) in [5.74, 6) is 0.139. The monoisotopic (exact) mass is 501 g/mol. The molecule has 5 rings (SSSR count). The first-order valence-corrected chi connectivity index (χ1v) is 12.6. The number of imidazole rings is 1. The highest BCUT2D eigenvalue weighted by Gasteiger charge is 2.46. The van der Waals surface area contributed by atoms with E-state index in [1.807, 2.05) is 30.3 Å². The summed E-state index contributed by atoms with van der Waals surface area (Å²) in [6, 6.07) is 16.2. The van der Waals surface area contributed by atoms with Crippen LogP contribution >= 0.6 is 0 Å². The van der Waals surface area contributed by atoms with Crippen LogP contribution in [-0.2, 0) is 16.6 Å². The van der Waals surface area contributed by atoms with E-state index in [0.29, 0.717) is 37.1 Å². The molecule has 1 atom stereocenters. The van der Waals surface area contributed by atoms with Crippen LogP contribution in [0, 0.1) is 0 Å². The van der Waals surface area contributed by atoms with E-state index < -0.39 is 6.04 Å². The average molecular weight is 502 g/mol. The molecule has 0 radical (unpaired) electrons. The number of carbonyl (C=O) groups is 3. The maximum absolute atomic E-state index is 13.1. The number of methoxy groups -OCH3 is 1. The number of urea groups is 1. The van der Waals surface area contributed by atoms with Crippen LogP contribution < -0.4 is 15.4 Å². The Morgan fingerprint density at radius 1 is 1.11 bits per heavy atom. The molecule has 1 aliphatic heterocycles. The number of nitrogens with zero attached hydrogens (tertiary/aromatic N) is 2. The smallest absolute Gasteiger partial charge is 0.325 e. The zero-order valence-corrected chi connectivity index (χ0v) is 20.8. The van der Waals surface area contributed by atoms with Gasteiger partial charge in [0.2, 0.25) is 0 Å². The van der Waals surface area contributed by atoms with Crippen LogP contribution in [0.25, 0.3) is 0 Å². The van der Waals surface area contributed by atoms with Crippen LogP contribution in [0.4, 0.5) is 4.79 Å². The Balaban J connectivity index is 1.29. The summed E-state index contributed by atoms with van der Waals surface area (Å²) >= 11 is 0. The quantitative estimate of drug-likeness (QED) is 0.410. The number of rotatable bonds is 8. The SMILES string of the molecule is COc1ccccc1C(=O)NCC1(c2ccccc2)CCC(N2C(=O)NC(Cc3c[nH]cn3)C2=O)CC1. The molecule has 192 valence electrons. The van der Waals surface area contributed by atoms with Crippen molar-refractivity contribution in [1.82, 2.24) is 25.5 Å². The number of hydrogen-bond donors (Lipinski definition) is 3. The Bertz CT molecular complexity index is 1250. The van der Waals surface area contributed by atoms with Crippen molar-refractivity contribution in [3.63, 3.8) is 0 Å². The maximum atomic E-state index is 13.1. The van der Waals surface area contributed by atoms with Gasteiger partial charge in [0.15, 0.2) is 0 Å². The van der Waals surface area contributed by atoms with Gasteiger partial charge in [-0.25, -0.2) is 9.78 Å². The van der Waals surface area contributed by atoms with Gasteiger partial charge in [-0.1, -0.05) is 42.5 Å². The lowest BCUT2D eigenvalue weighted by Gasteiger charge is -2.42. The van der Waals surface area contributed by atoms with Crippen molar-refractivity contribution in [3.05, 3.63) is 83.9 Å². The number of aromatic amines is 1. The topological polar surface area (TPSA) is 116 Å². The van der Waals surface area contributed by atoms with Gasteiger partial charge in [0.25, 0.3) is 11.8 Å². The molecule has 4 amide bonds. The molecular formula is C28H31N5O4. The number of para-hydroxylation sites is 1. The largest absolute Gasteiger partial charge is 0.496 e. The standard InChI is InChI=1S/C28H31N5O4/c1-37-24-10-6-5-9-22(24)25(34)30-17-28(19-7-3-2-4-8-19)13-11-21(12-14-28)33-26(35)23(32-27(33)36)15-20-16-29-18-31-20/h2-10,16,18,21,23H,11-15,17H2,1H3,(H,29,31)(H,30,34)(H,32,36). The lowest BCUT2D eigenvalue weighted by Crippen LogP contribution is -2.49.